The molecule has 1 aromatic carbocycles. The van der Waals surface area contributed by atoms with Gasteiger partial charge < -0.3 is 14.5 Å². The van der Waals surface area contributed by atoms with Crippen molar-refractivity contribution in [3.05, 3.63) is 80.7 Å². The number of hydrogen-bond acceptors (Lipinski definition) is 4. The Labute approximate surface area is 191 Å². The Morgan fingerprint density at radius 1 is 1.03 bits per heavy atom. The number of benzene rings is 1. The van der Waals surface area contributed by atoms with Crippen LogP contribution in [0.15, 0.2) is 41.3 Å². The SMILES string of the molecule is Cc1cc2c(cn1)cc(-c1cc(NC(=O)c3c(C)c(C#N)c(C)n3C)ccc1C)c(=O)n2C. The lowest BCUT2D eigenvalue weighted by molar-refractivity contribution is 0.101. The van der Waals surface area contributed by atoms with Crippen molar-refractivity contribution >= 4 is 22.5 Å². The highest BCUT2D eigenvalue weighted by Crippen LogP contribution is 2.28. The van der Waals surface area contributed by atoms with E-state index in [0.29, 0.717) is 28.1 Å². The average Bonchev–Trinajstić information content (AvgIpc) is 3.00. The Balaban J connectivity index is 1.78. The minimum Gasteiger partial charge on any atom is -0.342 e. The molecule has 3 heterocycles. The van der Waals surface area contributed by atoms with Crippen molar-refractivity contribution in [1.29, 1.82) is 5.26 Å². The number of aryl methyl sites for hydroxylation is 3. The molecule has 0 spiro atoms. The molecule has 0 unspecified atom stereocenters. The topological polar surface area (TPSA) is 92.7 Å². The van der Waals surface area contributed by atoms with Gasteiger partial charge in [-0.1, -0.05) is 6.07 Å². The third-order valence-electron chi connectivity index (χ3n) is 6.29. The molecule has 4 rings (SSSR count). The van der Waals surface area contributed by atoms with Crippen LogP contribution in [0.1, 0.15) is 38.6 Å². The van der Waals surface area contributed by atoms with Gasteiger partial charge in [-0.3, -0.25) is 14.6 Å². The van der Waals surface area contributed by atoms with Crippen LogP contribution in [0.2, 0.25) is 0 Å². The van der Waals surface area contributed by atoms with Crippen molar-refractivity contribution in [3.8, 4) is 17.2 Å². The zero-order chi connectivity index (χ0) is 24.0. The van der Waals surface area contributed by atoms with Crippen molar-refractivity contribution in [3.63, 3.8) is 0 Å². The summed E-state index contributed by atoms with van der Waals surface area (Å²) in [6.07, 6.45) is 1.77. The van der Waals surface area contributed by atoms with Gasteiger partial charge >= 0.3 is 0 Å². The second-order valence-electron chi connectivity index (χ2n) is 8.40. The summed E-state index contributed by atoms with van der Waals surface area (Å²) >= 11 is 0. The van der Waals surface area contributed by atoms with Gasteiger partial charge in [0.05, 0.1) is 11.1 Å². The Morgan fingerprint density at radius 3 is 2.42 bits per heavy atom. The zero-order valence-electron chi connectivity index (χ0n) is 19.6. The number of nitriles is 1. The summed E-state index contributed by atoms with van der Waals surface area (Å²) in [5.74, 6) is -0.305. The molecule has 0 bridgehead atoms. The molecule has 0 aliphatic heterocycles. The second kappa shape index (κ2) is 8.06. The monoisotopic (exact) mass is 439 g/mol. The van der Waals surface area contributed by atoms with Gasteiger partial charge in [-0.2, -0.15) is 5.26 Å². The minimum absolute atomic E-state index is 0.118. The number of hydrogen-bond donors (Lipinski definition) is 1. The van der Waals surface area contributed by atoms with Gasteiger partial charge in [-0.25, -0.2) is 0 Å². The number of carbonyl (C=O) groups is 1. The maximum absolute atomic E-state index is 13.2. The maximum Gasteiger partial charge on any atom is 0.272 e. The lowest BCUT2D eigenvalue weighted by Gasteiger charge is -2.14. The summed E-state index contributed by atoms with van der Waals surface area (Å²) in [7, 11) is 3.52. The number of nitrogens with zero attached hydrogens (tertiary/aromatic N) is 4. The highest BCUT2D eigenvalue weighted by atomic mass is 16.2. The van der Waals surface area contributed by atoms with E-state index in [-0.39, 0.29) is 11.5 Å². The molecular formula is C26H25N5O2. The number of carbonyl (C=O) groups excluding carboxylic acids is 1. The third-order valence-corrected chi connectivity index (χ3v) is 6.29. The van der Waals surface area contributed by atoms with E-state index in [1.807, 2.05) is 51.1 Å². The molecular weight excluding hydrogens is 414 g/mol. The van der Waals surface area contributed by atoms with Gasteiger partial charge in [0.25, 0.3) is 11.5 Å². The van der Waals surface area contributed by atoms with Crippen molar-refractivity contribution in [2.75, 3.05) is 5.32 Å². The summed E-state index contributed by atoms with van der Waals surface area (Å²) in [6.45, 7) is 7.42. The van der Waals surface area contributed by atoms with Crippen LogP contribution in [0.5, 0.6) is 0 Å². The average molecular weight is 440 g/mol. The standard InChI is InChI=1S/C26H25N5O2/c1-14-7-8-19(29-25(32)24-16(3)22(12-27)17(4)30(24)5)11-20(14)21-10-18-13-28-15(2)9-23(18)31(6)26(21)33/h7-11,13H,1-6H3,(H,29,32). The molecule has 4 aromatic rings. The Hall–Kier alpha value is -4.18. The van der Waals surface area contributed by atoms with Crippen molar-refractivity contribution in [1.82, 2.24) is 14.1 Å². The number of anilines is 1. The molecule has 3 aromatic heterocycles. The largest absolute Gasteiger partial charge is 0.342 e. The predicted octanol–water partition coefficient (Wildman–Crippen LogP) is 4.30. The molecule has 0 aliphatic carbocycles. The van der Waals surface area contributed by atoms with Gasteiger partial charge in [-0.05, 0) is 68.7 Å². The second-order valence-corrected chi connectivity index (χ2v) is 8.40. The number of rotatable bonds is 3. The normalized spacial score (nSPS) is 10.9. The van der Waals surface area contributed by atoms with E-state index in [4.69, 9.17) is 0 Å². The van der Waals surface area contributed by atoms with Crippen molar-refractivity contribution < 1.29 is 4.79 Å². The number of fused-ring (bicyclic) bond motifs is 1. The molecule has 33 heavy (non-hydrogen) atoms. The Bertz CT molecular complexity index is 1550. The van der Waals surface area contributed by atoms with E-state index in [1.165, 1.54) is 0 Å². The molecule has 0 saturated heterocycles. The van der Waals surface area contributed by atoms with Gasteiger partial charge in [0.2, 0.25) is 0 Å². The molecule has 0 saturated carbocycles. The van der Waals surface area contributed by atoms with E-state index < -0.39 is 0 Å². The smallest absolute Gasteiger partial charge is 0.272 e. The molecule has 7 heteroatoms. The molecule has 0 radical (unpaired) electrons. The first-order chi connectivity index (χ1) is 15.6. The van der Waals surface area contributed by atoms with Crippen LogP contribution in [0.3, 0.4) is 0 Å². The van der Waals surface area contributed by atoms with Crippen LogP contribution in [0.4, 0.5) is 5.69 Å². The molecule has 1 N–H and O–H groups in total. The quantitative estimate of drug-likeness (QED) is 0.515. The molecule has 1 amide bonds. The van der Waals surface area contributed by atoms with E-state index in [9.17, 15) is 14.9 Å². The zero-order valence-corrected chi connectivity index (χ0v) is 19.6. The molecule has 0 aliphatic rings. The molecule has 166 valence electrons. The molecule has 0 fully saturated rings. The molecule has 7 nitrogen and oxygen atoms in total. The van der Waals surface area contributed by atoms with Gasteiger partial charge in [0, 0.05) is 48.3 Å². The number of aromatic nitrogens is 3. The number of amides is 1. The first kappa shape index (κ1) is 22.0. The first-order valence-electron chi connectivity index (χ1n) is 10.6. The predicted molar refractivity (Wildman–Crippen MR) is 129 cm³/mol. The van der Waals surface area contributed by atoms with Crippen LogP contribution < -0.4 is 10.9 Å². The fourth-order valence-corrected chi connectivity index (χ4v) is 4.30. The Kier molecular flexibility index (Phi) is 5.38. The van der Waals surface area contributed by atoms with Crippen LogP contribution in [-0.4, -0.2) is 20.0 Å². The lowest BCUT2D eigenvalue weighted by atomic mass is 9.99. The van der Waals surface area contributed by atoms with E-state index in [2.05, 4.69) is 16.4 Å². The van der Waals surface area contributed by atoms with Crippen LogP contribution in [-0.2, 0) is 14.1 Å². The van der Waals surface area contributed by atoms with Gasteiger partial charge in [0.1, 0.15) is 11.8 Å². The fraction of sp³-hybridized carbons (Fsp3) is 0.231. The summed E-state index contributed by atoms with van der Waals surface area (Å²) in [4.78, 5) is 30.6. The van der Waals surface area contributed by atoms with E-state index in [0.717, 1.165) is 33.4 Å². The Morgan fingerprint density at radius 2 is 1.76 bits per heavy atom. The van der Waals surface area contributed by atoms with Crippen LogP contribution >= 0.6 is 0 Å². The maximum atomic E-state index is 13.2. The summed E-state index contributed by atoms with van der Waals surface area (Å²) in [6, 6.07) is 11.4. The summed E-state index contributed by atoms with van der Waals surface area (Å²) in [5, 5.41) is 13.2. The fourth-order valence-electron chi connectivity index (χ4n) is 4.30. The lowest BCUT2D eigenvalue weighted by Crippen LogP contribution is -2.20. The first-order valence-corrected chi connectivity index (χ1v) is 10.6. The van der Waals surface area contributed by atoms with E-state index in [1.54, 1.807) is 36.4 Å². The van der Waals surface area contributed by atoms with Crippen molar-refractivity contribution in [2.24, 2.45) is 14.1 Å². The summed E-state index contributed by atoms with van der Waals surface area (Å²) < 4.78 is 3.36. The van der Waals surface area contributed by atoms with Gasteiger partial charge in [0.15, 0.2) is 0 Å². The minimum atomic E-state index is -0.305. The summed E-state index contributed by atoms with van der Waals surface area (Å²) in [5.41, 5.74) is 6.66. The highest BCUT2D eigenvalue weighted by Gasteiger charge is 2.21. The van der Waals surface area contributed by atoms with Crippen LogP contribution in [0, 0.1) is 39.0 Å². The third kappa shape index (κ3) is 3.60. The number of pyridine rings is 2. The van der Waals surface area contributed by atoms with Crippen LogP contribution in [0.25, 0.3) is 22.0 Å². The van der Waals surface area contributed by atoms with Gasteiger partial charge in [-0.15, -0.1) is 0 Å². The van der Waals surface area contributed by atoms with E-state index >= 15 is 0 Å². The highest BCUT2D eigenvalue weighted by molar-refractivity contribution is 6.05. The number of nitrogens with one attached hydrogen (secondary N) is 1. The molecule has 0 atom stereocenters. The van der Waals surface area contributed by atoms with Crippen molar-refractivity contribution in [2.45, 2.75) is 27.7 Å².